The molecule has 89 heavy (non-hydrogen) atoms. The number of carbonyl (C=O) groups excluding carboxylic acids is 2. The Bertz CT molecular complexity index is 1660. The van der Waals surface area contributed by atoms with Crippen LogP contribution in [0, 0.1) is 0 Å². The van der Waals surface area contributed by atoms with Gasteiger partial charge in [0, 0.05) is 12.8 Å². The minimum atomic E-state index is -4.71. The Hall–Kier alpha value is -2.03. The van der Waals surface area contributed by atoms with E-state index in [1.54, 1.807) is 0 Å². The molecule has 0 aliphatic carbocycles. The molecule has 0 radical (unpaired) electrons. The molecular formula is C79H151N2O7P. The van der Waals surface area contributed by atoms with Crippen LogP contribution >= 0.6 is 7.82 Å². The van der Waals surface area contributed by atoms with Crippen molar-refractivity contribution in [1.82, 2.24) is 5.32 Å². The summed E-state index contributed by atoms with van der Waals surface area (Å²) < 4.78 is 30.6. The number of ether oxygens (including phenoxy) is 1. The van der Waals surface area contributed by atoms with Crippen molar-refractivity contribution in [2.45, 2.75) is 405 Å². The van der Waals surface area contributed by atoms with Crippen LogP contribution in [-0.2, 0) is 27.9 Å². The molecular weight excluding hydrogens is 1120 g/mol. The molecule has 3 unspecified atom stereocenters. The molecule has 1 N–H and O–H groups in total. The molecule has 0 fully saturated rings. The predicted octanol–water partition coefficient (Wildman–Crippen LogP) is 24.5. The molecule has 0 rings (SSSR count). The van der Waals surface area contributed by atoms with Crippen LogP contribution in [0.2, 0.25) is 0 Å². The Morgan fingerprint density at radius 3 is 1.04 bits per heavy atom. The van der Waals surface area contributed by atoms with E-state index in [4.69, 9.17) is 13.8 Å². The molecule has 0 aliphatic rings. The molecule has 0 saturated heterocycles. The minimum Gasteiger partial charge on any atom is -0.756 e. The fraction of sp³-hybridized carbons (Fsp3) is 0.873. The van der Waals surface area contributed by atoms with Gasteiger partial charge in [-0.15, -0.1) is 0 Å². The van der Waals surface area contributed by atoms with Crippen molar-refractivity contribution in [3.63, 3.8) is 0 Å². The van der Waals surface area contributed by atoms with Gasteiger partial charge in [0.05, 0.1) is 33.8 Å². The number of phosphoric ester groups is 1. The normalized spacial score (nSPS) is 13.7. The largest absolute Gasteiger partial charge is 0.756 e. The van der Waals surface area contributed by atoms with Gasteiger partial charge < -0.3 is 28.5 Å². The summed E-state index contributed by atoms with van der Waals surface area (Å²) in [6, 6.07) is -0.887. The van der Waals surface area contributed by atoms with E-state index in [1.165, 1.54) is 289 Å². The lowest BCUT2D eigenvalue weighted by Crippen LogP contribution is -2.47. The lowest BCUT2D eigenvalue weighted by Gasteiger charge is -2.30. The maximum Gasteiger partial charge on any atom is 0.306 e. The van der Waals surface area contributed by atoms with Crippen molar-refractivity contribution < 1.29 is 37.3 Å². The zero-order chi connectivity index (χ0) is 64.9. The zero-order valence-corrected chi connectivity index (χ0v) is 61.1. The lowest BCUT2D eigenvalue weighted by molar-refractivity contribution is -0.870. The molecule has 524 valence electrons. The Kier molecular flexibility index (Phi) is 67.2. The topological polar surface area (TPSA) is 114 Å². The first-order valence-electron chi connectivity index (χ1n) is 38.9. The van der Waals surface area contributed by atoms with E-state index < -0.39 is 20.0 Å². The maximum atomic E-state index is 13.6. The second kappa shape index (κ2) is 68.8. The van der Waals surface area contributed by atoms with Crippen molar-refractivity contribution in [2.75, 3.05) is 40.9 Å². The average molecular weight is 1270 g/mol. The molecule has 0 aromatic carbocycles. The quantitative estimate of drug-likeness (QED) is 0.0212. The molecule has 10 heteroatoms. The molecule has 1 amide bonds. The van der Waals surface area contributed by atoms with E-state index in [0.717, 1.165) is 70.6 Å². The van der Waals surface area contributed by atoms with Gasteiger partial charge in [0.15, 0.2) is 0 Å². The van der Waals surface area contributed by atoms with Crippen LogP contribution in [0.1, 0.15) is 393 Å². The second-order valence-corrected chi connectivity index (χ2v) is 29.3. The van der Waals surface area contributed by atoms with E-state index in [0.29, 0.717) is 17.4 Å². The summed E-state index contributed by atoms with van der Waals surface area (Å²) in [6.45, 7) is 6.89. The van der Waals surface area contributed by atoms with E-state index in [2.05, 4.69) is 62.5 Å². The first kappa shape index (κ1) is 87.0. The van der Waals surface area contributed by atoms with Crippen LogP contribution < -0.4 is 10.2 Å². The first-order chi connectivity index (χ1) is 43.4. The van der Waals surface area contributed by atoms with Gasteiger partial charge in [0.25, 0.3) is 7.82 Å². The summed E-state index contributed by atoms with van der Waals surface area (Å²) in [6.07, 6.45) is 88.2. The third kappa shape index (κ3) is 70.1. The second-order valence-electron chi connectivity index (χ2n) is 27.9. The highest BCUT2D eigenvalue weighted by molar-refractivity contribution is 7.45. The number of phosphoric acid groups is 1. The molecule has 3 atom stereocenters. The van der Waals surface area contributed by atoms with Crippen LogP contribution in [-0.4, -0.2) is 69.4 Å². The predicted molar refractivity (Wildman–Crippen MR) is 386 cm³/mol. The highest BCUT2D eigenvalue weighted by Crippen LogP contribution is 2.38. The van der Waals surface area contributed by atoms with Crippen molar-refractivity contribution in [2.24, 2.45) is 0 Å². The average Bonchev–Trinajstić information content (AvgIpc) is 3.63. The highest BCUT2D eigenvalue weighted by Gasteiger charge is 2.27. The number of rotatable bonds is 72. The first-order valence-corrected chi connectivity index (χ1v) is 40.4. The molecule has 0 aliphatic heterocycles. The van der Waals surface area contributed by atoms with Gasteiger partial charge in [-0.1, -0.05) is 359 Å². The van der Waals surface area contributed by atoms with Crippen LogP contribution in [0.25, 0.3) is 0 Å². The van der Waals surface area contributed by atoms with E-state index >= 15 is 0 Å². The van der Waals surface area contributed by atoms with Gasteiger partial charge >= 0.3 is 5.97 Å². The van der Waals surface area contributed by atoms with Crippen molar-refractivity contribution >= 4 is 19.7 Å². The van der Waals surface area contributed by atoms with Crippen molar-refractivity contribution in [3.8, 4) is 0 Å². The van der Waals surface area contributed by atoms with Gasteiger partial charge in [-0.25, -0.2) is 0 Å². The number of carbonyl (C=O) groups is 2. The summed E-state index contributed by atoms with van der Waals surface area (Å²) in [4.78, 5) is 40.3. The number of unbranched alkanes of at least 4 members (excludes halogenated alkanes) is 50. The number of nitrogens with one attached hydrogen (secondary N) is 1. The van der Waals surface area contributed by atoms with Gasteiger partial charge in [-0.05, 0) is 70.3 Å². The van der Waals surface area contributed by atoms with Crippen molar-refractivity contribution in [1.29, 1.82) is 0 Å². The summed E-state index contributed by atoms with van der Waals surface area (Å²) in [5.74, 6) is -0.519. The summed E-state index contributed by atoms with van der Waals surface area (Å²) in [7, 11) is 1.20. The molecule has 0 heterocycles. The number of hydrogen-bond acceptors (Lipinski definition) is 7. The monoisotopic (exact) mass is 1270 g/mol. The Morgan fingerprint density at radius 1 is 0.393 bits per heavy atom. The van der Waals surface area contributed by atoms with Crippen LogP contribution in [0.3, 0.4) is 0 Å². The van der Waals surface area contributed by atoms with E-state index in [1.807, 2.05) is 33.3 Å². The van der Waals surface area contributed by atoms with Crippen LogP contribution in [0.4, 0.5) is 0 Å². The van der Waals surface area contributed by atoms with E-state index in [9.17, 15) is 19.0 Å². The Labute approximate surface area is 554 Å². The smallest absolute Gasteiger partial charge is 0.306 e. The third-order valence-corrected chi connectivity index (χ3v) is 18.7. The van der Waals surface area contributed by atoms with Crippen LogP contribution in [0.5, 0.6) is 0 Å². The molecule has 0 aromatic rings. The van der Waals surface area contributed by atoms with Gasteiger partial charge in [0.2, 0.25) is 5.91 Å². The minimum absolute atomic E-state index is 0.0196. The number of likely N-dealkylation sites (N-methyl/N-ethyl adjacent to an activating group) is 1. The number of nitrogens with zero attached hydrogens (tertiary/aromatic N) is 1. The summed E-state index contributed by atoms with van der Waals surface area (Å²) >= 11 is 0. The molecule has 0 saturated carbocycles. The van der Waals surface area contributed by atoms with Crippen molar-refractivity contribution in [3.05, 3.63) is 48.6 Å². The molecule has 0 spiro atoms. The third-order valence-electron chi connectivity index (χ3n) is 17.8. The Balaban J connectivity index is 4.97. The fourth-order valence-corrected chi connectivity index (χ4v) is 12.5. The maximum absolute atomic E-state index is 13.6. The fourth-order valence-electron chi connectivity index (χ4n) is 11.8. The molecule has 0 bridgehead atoms. The summed E-state index contributed by atoms with van der Waals surface area (Å²) in [5.41, 5.74) is 0. The molecule has 9 nitrogen and oxygen atoms in total. The van der Waals surface area contributed by atoms with Gasteiger partial charge in [-0.3, -0.25) is 14.2 Å². The molecule has 0 aromatic heterocycles. The van der Waals surface area contributed by atoms with Gasteiger partial charge in [0.1, 0.15) is 19.3 Å². The highest BCUT2D eigenvalue weighted by atomic mass is 31.2. The Morgan fingerprint density at radius 2 is 0.685 bits per heavy atom. The number of esters is 1. The SMILES string of the molecule is CCCCC/C=C\C/C=C\C/C=C\CCCCCCCCCCCCCCCCC(=O)OC(/C=C/CCCCCCCCCCCCC)C(COP(=O)([O-])OCC[N+](C)(C)C)NC(=O)CCCCCCCCCCCCCCCCCCCCCCCCC. The van der Waals surface area contributed by atoms with E-state index in [-0.39, 0.29) is 31.5 Å². The van der Waals surface area contributed by atoms with Crippen LogP contribution in [0.15, 0.2) is 48.6 Å². The lowest BCUT2D eigenvalue weighted by atomic mass is 10.0. The number of amides is 1. The number of allylic oxidation sites excluding steroid dienone is 7. The number of hydrogen-bond donors (Lipinski definition) is 1. The number of quaternary nitrogens is 1. The summed E-state index contributed by atoms with van der Waals surface area (Å²) in [5, 5.41) is 3.06. The zero-order valence-electron chi connectivity index (χ0n) is 60.2. The van der Waals surface area contributed by atoms with Gasteiger partial charge in [-0.2, -0.15) is 0 Å². The standard InChI is InChI=1S/C79H151N2O7P/c1-7-10-13-16-19-22-25-28-30-32-34-36-38-39-40-41-43-45-47-49-51-54-57-60-63-66-69-72-79(83)88-77(70-67-64-61-58-55-52-27-24-21-18-15-12-9-3)76(75-87-89(84,85)86-74-73-81(4,5)6)80-78(82)71-68-65-62-59-56-53-50-48-46-44-42-37-35-33-31-29-26-23-20-17-14-11-8-2/h19,22,28,30,34,36,67,70,76-77H,7-18,20-21,23-27,29,31-33,35,37-66,68-69,71-75H2,1-6H3,(H-,80,82,84,85)/b22-19-,30-28-,36-34-,70-67+.